The molecule has 1 aromatic carbocycles. The zero-order valence-electron chi connectivity index (χ0n) is 11.0. The summed E-state index contributed by atoms with van der Waals surface area (Å²) in [5.74, 6) is -0.970. The fourth-order valence-corrected chi connectivity index (χ4v) is 1.57. The molecule has 1 aromatic rings. The van der Waals surface area contributed by atoms with E-state index in [1.807, 2.05) is 6.92 Å². The molecule has 19 heavy (non-hydrogen) atoms. The Morgan fingerprint density at radius 3 is 2.53 bits per heavy atom. The summed E-state index contributed by atoms with van der Waals surface area (Å²) in [5.41, 5.74) is 1.20. The third-order valence-corrected chi connectivity index (χ3v) is 2.61. The number of hydrogen-bond acceptors (Lipinski definition) is 3. The Morgan fingerprint density at radius 1 is 1.26 bits per heavy atom. The van der Waals surface area contributed by atoms with Crippen LogP contribution in [-0.4, -0.2) is 36.7 Å². The average molecular weight is 265 g/mol. The highest BCUT2D eigenvalue weighted by Gasteiger charge is 2.04. The quantitative estimate of drug-likeness (QED) is 0.698. The number of carboxylic acids is 1. The molecule has 0 aliphatic rings. The maximum absolute atomic E-state index is 11.5. The van der Waals surface area contributed by atoms with Crippen LogP contribution in [0.15, 0.2) is 24.3 Å². The molecule has 0 aliphatic carbocycles. The number of nitrogens with one attached hydrogen (secondary N) is 1. The number of hydrogen-bond donors (Lipinski definition) is 2. The molecule has 0 radical (unpaired) electrons. The normalized spacial score (nSPS) is 10.2. The van der Waals surface area contributed by atoms with Crippen molar-refractivity contribution in [1.29, 1.82) is 0 Å². The van der Waals surface area contributed by atoms with Gasteiger partial charge in [0.15, 0.2) is 0 Å². The summed E-state index contributed by atoms with van der Waals surface area (Å²) in [6, 6.07) is 6.56. The molecule has 0 atom stereocenters. The lowest BCUT2D eigenvalue weighted by molar-refractivity contribution is -0.121. The summed E-state index contributed by atoms with van der Waals surface area (Å²) in [6.07, 6.45) is 0.985. The van der Waals surface area contributed by atoms with Crippen LogP contribution in [0.4, 0.5) is 0 Å². The SMILES string of the molecule is CCOCCNC(=O)CCc1ccc(C(=O)O)cc1. The number of carbonyl (C=O) groups is 2. The molecule has 0 aromatic heterocycles. The van der Waals surface area contributed by atoms with Crippen molar-refractivity contribution >= 4 is 11.9 Å². The Bertz CT molecular complexity index is 414. The van der Waals surface area contributed by atoms with Gasteiger partial charge in [-0.2, -0.15) is 0 Å². The monoisotopic (exact) mass is 265 g/mol. The van der Waals surface area contributed by atoms with Gasteiger partial charge in [-0.1, -0.05) is 12.1 Å². The van der Waals surface area contributed by atoms with Crippen LogP contribution in [0.3, 0.4) is 0 Å². The summed E-state index contributed by atoms with van der Waals surface area (Å²) >= 11 is 0. The second-order valence-electron chi connectivity index (χ2n) is 4.05. The van der Waals surface area contributed by atoms with Crippen molar-refractivity contribution in [1.82, 2.24) is 5.32 Å². The molecular formula is C14H19NO4. The predicted molar refractivity (Wildman–Crippen MR) is 71.2 cm³/mol. The highest BCUT2D eigenvalue weighted by atomic mass is 16.5. The first-order valence-corrected chi connectivity index (χ1v) is 6.30. The molecule has 2 N–H and O–H groups in total. The third-order valence-electron chi connectivity index (χ3n) is 2.61. The van der Waals surface area contributed by atoms with E-state index in [1.165, 1.54) is 0 Å². The standard InChI is InChI=1S/C14H19NO4/c1-2-19-10-9-15-13(16)8-5-11-3-6-12(7-4-11)14(17)18/h3-4,6-7H,2,5,8-10H2,1H3,(H,15,16)(H,17,18). The number of carboxylic acid groups (broad SMARTS) is 1. The fourth-order valence-electron chi connectivity index (χ4n) is 1.57. The predicted octanol–water partition coefficient (Wildman–Crippen LogP) is 1.47. The van der Waals surface area contributed by atoms with Crippen LogP contribution in [0, 0.1) is 0 Å². The van der Waals surface area contributed by atoms with E-state index in [1.54, 1.807) is 24.3 Å². The first kappa shape index (κ1) is 15.2. The molecule has 5 heteroatoms. The molecule has 1 rings (SSSR count). The molecule has 0 fully saturated rings. The van der Waals surface area contributed by atoms with E-state index in [2.05, 4.69) is 5.32 Å². The van der Waals surface area contributed by atoms with E-state index in [0.29, 0.717) is 32.6 Å². The molecule has 5 nitrogen and oxygen atoms in total. The lowest BCUT2D eigenvalue weighted by Gasteiger charge is -2.05. The van der Waals surface area contributed by atoms with Crippen LogP contribution >= 0.6 is 0 Å². The summed E-state index contributed by atoms with van der Waals surface area (Å²) in [5, 5.41) is 11.5. The minimum Gasteiger partial charge on any atom is -0.478 e. The van der Waals surface area contributed by atoms with E-state index in [-0.39, 0.29) is 11.5 Å². The molecular weight excluding hydrogens is 246 g/mol. The molecule has 0 saturated heterocycles. The van der Waals surface area contributed by atoms with Gasteiger partial charge in [0.1, 0.15) is 0 Å². The van der Waals surface area contributed by atoms with Gasteiger partial charge in [-0.15, -0.1) is 0 Å². The number of benzene rings is 1. The molecule has 0 bridgehead atoms. The molecule has 104 valence electrons. The van der Waals surface area contributed by atoms with Crippen molar-refractivity contribution in [3.05, 3.63) is 35.4 Å². The second kappa shape index (κ2) is 8.26. The van der Waals surface area contributed by atoms with Gasteiger partial charge in [-0.05, 0) is 31.0 Å². The van der Waals surface area contributed by atoms with Gasteiger partial charge in [0.05, 0.1) is 12.2 Å². The minimum absolute atomic E-state index is 0.0259. The number of carbonyl (C=O) groups excluding carboxylic acids is 1. The van der Waals surface area contributed by atoms with Crippen molar-refractivity contribution in [3.8, 4) is 0 Å². The van der Waals surface area contributed by atoms with E-state index >= 15 is 0 Å². The number of rotatable bonds is 8. The van der Waals surface area contributed by atoms with Crippen LogP contribution in [0.5, 0.6) is 0 Å². The highest BCUT2D eigenvalue weighted by Crippen LogP contribution is 2.06. The molecule has 0 heterocycles. The lowest BCUT2D eigenvalue weighted by Crippen LogP contribution is -2.27. The van der Waals surface area contributed by atoms with Gasteiger partial charge in [0.2, 0.25) is 5.91 Å². The second-order valence-corrected chi connectivity index (χ2v) is 4.05. The molecule has 0 saturated carbocycles. The first-order valence-electron chi connectivity index (χ1n) is 6.30. The summed E-state index contributed by atoms with van der Waals surface area (Å²) in [7, 11) is 0. The van der Waals surface area contributed by atoms with Gasteiger partial charge in [0, 0.05) is 19.6 Å². The van der Waals surface area contributed by atoms with E-state index in [4.69, 9.17) is 9.84 Å². The largest absolute Gasteiger partial charge is 0.478 e. The van der Waals surface area contributed by atoms with E-state index in [9.17, 15) is 9.59 Å². The van der Waals surface area contributed by atoms with Crippen LogP contribution in [0.2, 0.25) is 0 Å². The zero-order valence-corrected chi connectivity index (χ0v) is 11.0. The minimum atomic E-state index is -0.944. The molecule has 0 unspecified atom stereocenters. The van der Waals surface area contributed by atoms with Crippen LogP contribution in [0.1, 0.15) is 29.3 Å². The van der Waals surface area contributed by atoms with Crippen LogP contribution < -0.4 is 5.32 Å². The van der Waals surface area contributed by atoms with Gasteiger partial charge in [-0.25, -0.2) is 4.79 Å². The van der Waals surface area contributed by atoms with Gasteiger partial charge >= 0.3 is 5.97 Å². The average Bonchev–Trinajstić information content (AvgIpc) is 2.42. The molecule has 0 aliphatic heterocycles. The zero-order chi connectivity index (χ0) is 14.1. The topological polar surface area (TPSA) is 75.6 Å². The summed E-state index contributed by atoms with van der Waals surface area (Å²) in [4.78, 5) is 22.2. The van der Waals surface area contributed by atoms with Gasteiger partial charge < -0.3 is 15.2 Å². The van der Waals surface area contributed by atoms with Crippen molar-refractivity contribution in [2.75, 3.05) is 19.8 Å². The molecule has 1 amide bonds. The Hall–Kier alpha value is -1.88. The van der Waals surface area contributed by atoms with E-state index < -0.39 is 5.97 Å². The molecule has 0 spiro atoms. The lowest BCUT2D eigenvalue weighted by atomic mass is 10.1. The smallest absolute Gasteiger partial charge is 0.335 e. The summed E-state index contributed by atoms with van der Waals surface area (Å²) in [6.45, 7) is 3.59. The first-order chi connectivity index (χ1) is 9.13. The number of amides is 1. The Kier molecular flexibility index (Phi) is 6.60. The van der Waals surface area contributed by atoms with Crippen molar-refractivity contribution in [3.63, 3.8) is 0 Å². The summed E-state index contributed by atoms with van der Waals surface area (Å²) < 4.78 is 5.11. The third kappa shape index (κ3) is 6.01. The number of aromatic carboxylic acids is 1. The highest BCUT2D eigenvalue weighted by molar-refractivity contribution is 5.87. The number of ether oxygens (including phenoxy) is 1. The van der Waals surface area contributed by atoms with Crippen molar-refractivity contribution in [2.45, 2.75) is 19.8 Å². The van der Waals surface area contributed by atoms with E-state index in [0.717, 1.165) is 5.56 Å². The van der Waals surface area contributed by atoms with Crippen molar-refractivity contribution < 1.29 is 19.4 Å². The fraction of sp³-hybridized carbons (Fsp3) is 0.429. The van der Waals surface area contributed by atoms with Gasteiger partial charge in [0.25, 0.3) is 0 Å². The van der Waals surface area contributed by atoms with Crippen LogP contribution in [0.25, 0.3) is 0 Å². The number of aryl methyl sites for hydroxylation is 1. The van der Waals surface area contributed by atoms with Crippen LogP contribution in [-0.2, 0) is 16.0 Å². The Balaban J connectivity index is 2.28. The Morgan fingerprint density at radius 2 is 1.95 bits per heavy atom. The maximum Gasteiger partial charge on any atom is 0.335 e. The maximum atomic E-state index is 11.5. The Labute approximate surface area is 112 Å². The van der Waals surface area contributed by atoms with Crippen molar-refractivity contribution in [2.24, 2.45) is 0 Å². The van der Waals surface area contributed by atoms with Gasteiger partial charge in [-0.3, -0.25) is 4.79 Å².